The van der Waals surface area contributed by atoms with Crippen molar-refractivity contribution in [2.45, 2.75) is 0 Å². The van der Waals surface area contributed by atoms with E-state index in [1.165, 1.54) is 55.1 Å². The van der Waals surface area contributed by atoms with Crippen LogP contribution in [0.1, 0.15) is 0 Å². The Balaban J connectivity index is 1.37. The van der Waals surface area contributed by atoms with Gasteiger partial charge >= 0.3 is 0 Å². The Morgan fingerprint density at radius 1 is 0.378 bits per heavy atom. The van der Waals surface area contributed by atoms with Crippen molar-refractivity contribution in [3.05, 3.63) is 152 Å². The van der Waals surface area contributed by atoms with Crippen LogP contribution in [0.25, 0.3) is 60.7 Å². The predicted octanol–water partition coefficient (Wildman–Crippen LogP) is 9.78. The summed E-state index contributed by atoms with van der Waals surface area (Å²) in [6.07, 6.45) is 2.28. The molecule has 6 aromatic carbocycles. The highest BCUT2D eigenvalue weighted by molar-refractivity contribution is 6.00. The first-order valence-electron chi connectivity index (χ1n) is 12.7. The van der Waals surface area contributed by atoms with Crippen LogP contribution in [0.4, 0.5) is 0 Å². The van der Waals surface area contributed by atoms with Gasteiger partial charge < -0.3 is 4.57 Å². The predicted molar refractivity (Wildman–Crippen MR) is 157 cm³/mol. The fourth-order valence-electron chi connectivity index (χ4n) is 5.38. The van der Waals surface area contributed by atoms with Gasteiger partial charge in [-0.25, -0.2) is 0 Å². The lowest BCUT2D eigenvalue weighted by molar-refractivity contribution is 1.13. The van der Waals surface area contributed by atoms with Gasteiger partial charge in [-0.1, -0.05) is 121 Å². The molecule has 0 atom stereocenters. The molecule has 0 amide bonds. The largest absolute Gasteiger partial charge is 0.316 e. The van der Waals surface area contributed by atoms with E-state index in [1.807, 2.05) is 0 Å². The Kier molecular flexibility index (Phi) is 5.19. The molecule has 174 valence electrons. The molecule has 1 heterocycles. The summed E-state index contributed by atoms with van der Waals surface area (Å²) in [4.78, 5) is 0. The van der Waals surface area contributed by atoms with Crippen LogP contribution in [0.2, 0.25) is 0 Å². The number of hydrogen-bond donors (Lipinski definition) is 0. The van der Waals surface area contributed by atoms with Crippen LogP contribution >= 0.6 is 0 Å². The van der Waals surface area contributed by atoms with Crippen LogP contribution in [0.3, 0.4) is 0 Å². The molecule has 0 fully saturated rings. The first-order chi connectivity index (χ1) is 18.3. The van der Waals surface area contributed by atoms with E-state index in [0.29, 0.717) is 0 Å². The number of aromatic nitrogens is 1. The molecule has 0 radical (unpaired) electrons. The molecule has 0 unspecified atom stereocenters. The van der Waals surface area contributed by atoms with E-state index >= 15 is 0 Å². The highest BCUT2D eigenvalue weighted by Crippen LogP contribution is 2.36. The normalized spacial score (nSPS) is 11.2. The summed E-state index contributed by atoms with van der Waals surface area (Å²) in [6.45, 7) is 0. The van der Waals surface area contributed by atoms with Crippen molar-refractivity contribution in [3.8, 4) is 39.1 Å². The molecular formula is C36H25N. The minimum absolute atomic E-state index is 1.16. The molecule has 7 aromatic rings. The van der Waals surface area contributed by atoms with Crippen LogP contribution in [-0.4, -0.2) is 4.57 Å². The third-order valence-corrected chi connectivity index (χ3v) is 7.24. The summed E-state index contributed by atoms with van der Waals surface area (Å²) in [5.41, 5.74) is 9.78. The highest BCUT2D eigenvalue weighted by Gasteiger charge is 2.13. The van der Waals surface area contributed by atoms with Gasteiger partial charge in [0, 0.05) is 22.8 Å². The zero-order valence-corrected chi connectivity index (χ0v) is 20.4. The van der Waals surface area contributed by atoms with Gasteiger partial charge in [-0.2, -0.15) is 0 Å². The minimum Gasteiger partial charge on any atom is -0.316 e. The summed E-state index contributed by atoms with van der Waals surface area (Å²) in [7, 11) is 0. The van der Waals surface area contributed by atoms with Gasteiger partial charge in [-0.05, 0) is 62.9 Å². The van der Waals surface area contributed by atoms with Crippen molar-refractivity contribution < 1.29 is 0 Å². The van der Waals surface area contributed by atoms with Crippen molar-refractivity contribution >= 4 is 21.7 Å². The molecule has 1 nitrogen and oxygen atoms in total. The van der Waals surface area contributed by atoms with Gasteiger partial charge in [0.15, 0.2) is 0 Å². The Bertz CT molecular complexity index is 1840. The van der Waals surface area contributed by atoms with E-state index in [4.69, 9.17) is 0 Å². The Labute approximate surface area is 216 Å². The fourth-order valence-corrected chi connectivity index (χ4v) is 5.38. The van der Waals surface area contributed by atoms with Gasteiger partial charge in [-0.3, -0.25) is 0 Å². The molecule has 0 bridgehead atoms. The second kappa shape index (κ2) is 8.96. The monoisotopic (exact) mass is 471 g/mol. The van der Waals surface area contributed by atoms with E-state index < -0.39 is 0 Å². The maximum atomic E-state index is 2.33. The van der Waals surface area contributed by atoms with E-state index in [1.54, 1.807) is 0 Å². The Hall–Kier alpha value is -4.88. The Morgan fingerprint density at radius 2 is 1.00 bits per heavy atom. The minimum atomic E-state index is 1.16. The standard InChI is InChI=1S/C36H25N/c1-3-10-26(11-4-1)30-20-23-36-34(24-30)35(28-12-5-2-6-13-28)25-37(36)31-21-18-29(19-22-31)33-17-9-15-27-14-7-8-16-32(27)33/h1-25H. The van der Waals surface area contributed by atoms with Crippen LogP contribution < -0.4 is 0 Å². The molecule has 1 heteroatoms. The lowest BCUT2D eigenvalue weighted by Gasteiger charge is -2.10. The van der Waals surface area contributed by atoms with Crippen molar-refractivity contribution in [3.63, 3.8) is 0 Å². The summed E-state index contributed by atoms with van der Waals surface area (Å²) >= 11 is 0. The average Bonchev–Trinajstić information content (AvgIpc) is 3.37. The van der Waals surface area contributed by atoms with Gasteiger partial charge in [0.1, 0.15) is 0 Å². The third-order valence-electron chi connectivity index (χ3n) is 7.24. The number of hydrogen-bond acceptors (Lipinski definition) is 0. The third kappa shape index (κ3) is 3.82. The van der Waals surface area contributed by atoms with E-state index in [-0.39, 0.29) is 0 Å². The lowest BCUT2D eigenvalue weighted by Crippen LogP contribution is -1.92. The summed E-state index contributed by atoms with van der Waals surface area (Å²) in [5.74, 6) is 0. The molecule has 0 saturated heterocycles. The second-order valence-electron chi connectivity index (χ2n) is 9.45. The first kappa shape index (κ1) is 21.4. The quantitative estimate of drug-likeness (QED) is 0.241. The maximum Gasteiger partial charge on any atom is 0.0535 e. The molecule has 0 saturated carbocycles. The first-order valence-corrected chi connectivity index (χ1v) is 12.7. The van der Waals surface area contributed by atoms with Crippen LogP contribution in [0.15, 0.2) is 152 Å². The number of fused-ring (bicyclic) bond motifs is 2. The summed E-state index contributed by atoms with van der Waals surface area (Å²) < 4.78 is 2.32. The zero-order valence-electron chi connectivity index (χ0n) is 20.4. The smallest absolute Gasteiger partial charge is 0.0535 e. The molecule has 1 aromatic heterocycles. The Morgan fingerprint density at radius 3 is 1.78 bits per heavy atom. The summed E-state index contributed by atoms with van der Waals surface area (Å²) in [5, 5.41) is 3.80. The fraction of sp³-hybridized carbons (Fsp3) is 0. The zero-order chi connectivity index (χ0) is 24.6. The van der Waals surface area contributed by atoms with Crippen molar-refractivity contribution in [1.29, 1.82) is 0 Å². The van der Waals surface area contributed by atoms with Gasteiger partial charge in [0.25, 0.3) is 0 Å². The van der Waals surface area contributed by atoms with Gasteiger partial charge in [0.05, 0.1) is 5.52 Å². The molecule has 0 N–H and O–H groups in total. The van der Waals surface area contributed by atoms with Crippen LogP contribution in [0.5, 0.6) is 0 Å². The number of nitrogens with zero attached hydrogens (tertiary/aromatic N) is 1. The van der Waals surface area contributed by atoms with Crippen LogP contribution in [0, 0.1) is 0 Å². The van der Waals surface area contributed by atoms with Crippen molar-refractivity contribution in [1.82, 2.24) is 4.57 Å². The molecule has 0 aliphatic heterocycles. The molecular weight excluding hydrogens is 446 g/mol. The lowest BCUT2D eigenvalue weighted by atomic mass is 9.98. The SMILES string of the molecule is c1ccc(-c2ccc3c(c2)c(-c2ccccc2)cn3-c2ccc(-c3cccc4ccccc34)cc2)cc1. The highest BCUT2D eigenvalue weighted by atomic mass is 15.0. The summed E-state index contributed by atoms with van der Waals surface area (Å²) in [6, 6.07) is 52.1. The molecule has 0 aliphatic rings. The van der Waals surface area contributed by atoms with Gasteiger partial charge in [-0.15, -0.1) is 0 Å². The molecule has 0 spiro atoms. The number of benzene rings is 6. The number of rotatable bonds is 4. The van der Waals surface area contributed by atoms with Gasteiger partial charge in [0.2, 0.25) is 0 Å². The molecule has 37 heavy (non-hydrogen) atoms. The van der Waals surface area contributed by atoms with Crippen molar-refractivity contribution in [2.24, 2.45) is 0 Å². The maximum absolute atomic E-state index is 2.33. The second-order valence-corrected chi connectivity index (χ2v) is 9.45. The van der Waals surface area contributed by atoms with Crippen LogP contribution in [-0.2, 0) is 0 Å². The average molecular weight is 472 g/mol. The molecule has 0 aliphatic carbocycles. The van der Waals surface area contributed by atoms with Crippen molar-refractivity contribution in [2.75, 3.05) is 0 Å². The molecule has 7 rings (SSSR count). The van der Waals surface area contributed by atoms with E-state index in [0.717, 1.165) is 5.69 Å². The van der Waals surface area contributed by atoms with E-state index in [2.05, 4.69) is 156 Å². The topological polar surface area (TPSA) is 4.93 Å². The van der Waals surface area contributed by atoms with E-state index in [9.17, 15) is 0 Å².